The standard InChI is InChI=1S/C23H26N6O3/c1-23(2,3)32-21(30)16-12-18(15-9-5-4-8-14(15)16)26-22(31)25-13-19-27-20(29-28-19)17-10-6-7-11-24-17/h4-11,16,18H,12-13H2,1-3H3,(H2,25,26,31)(H,27,28,29). The van der Waals surface area contributed by atoms with Crippen LogP contribution in [0.3, 0.4) is 0 Å². The van der Waals surface area contributed by atoms with Crippen LogP contribution in [0, 0.1) is 0 Å². The molecule has 2 aromatic heterocycles. The predicted octanol–water partition coefficient (Wildman–Crippen LogP) is 3.24. The number of H-pyrrole nitrogens is 1. The summed E-state index contributed by atoms with van der Waals surface area (Å²) in [7, 11) is 0. The first-order valence-electron chi connectivity index (χ1n) is 10.5. The number of nitrogens with zero attached hydrogens (tertiary/aromatic N) is 3. The molecule has 2 heterocycles. The molecule has 0 saturated heterocycles. The molecule has 0 saturated carbocycles. The summed E-state index contributed by atoms with van der Waals surface area (Å²) in [4.78, 5) is 33.8. The van der Waals surface area contributed by atoms with Crippen LogP contribution in [0.25, 0.3) is 11.5 Å². The maximum absolute atomic E-state index is 12.7. The number of hydrogen-bond donors (Lipinski definition) is 3. The van der Waals surface area contributed by atoms with Crippen molar-refractivity contribution < 1.29 is 14.3 Å². The van der Waals surface area contributed by atoms with E-state index in [9.17, 15) is 9.59 Å². The van der Waals surface area contributed by atoms with E-state index >= 15 is 0 Å². The van der Waals surface area contributed by atoms with E-state index in [0.29, 0.717) is 23.8 Å². The molecule has 4 rings (SSSR count). The molecule has 9 nitrogen and oxygen atoms in total. The Bertz CT molecular complexity index is 1110. The summed E-state index contributed by atoms with van der Waals surface area (Å²) in [5.74, 6) is 0.288. The highest BCUT2D eigenvalue weighted by molar-refractivity contribution is 5.81. The molecule has 32 heavy (non-hydrogen) atoms. The van der Waals surface area contributed by atoms with Crippen molar-refractivity contribution in [1.29, 1.82) is 0 Å². The number of aromatic nitrogens is 4. The smallest absolute Gasteiger partial charge is 0.315 e. The number of ether oxygens (including phenoxy) is 1. The number of rotatable bonds is 5. The highest BCUT2D eigenvalue weighted by atomic mass is 16.6. The van der Waals surface area contributed by atoms with Gasteiger partial charge in [-0.2, -0.15) is 5.10 Å². The van der Waals surface area contributed by atoms with Gasteiger partial charge in [-0.15, -0.1) is 0 Å². The Labute approximate surface area is 186 Å². The predicted molar refractivity (Wildman–Crippen MR) is 117 cm³/mol. The number of nitrogens with one attached hydrogen (secondary N) is 3. The van der Waals surface area contributed by atoms with E-state index in [1.165, 1.54) is 0 Å². The maximum Gasteiger partial charge on any atom is 0.315 e. The number of pyridine rings is 1. The van der Waals surface area contributed by atoms with Gasteiger partial charge < -0.3 is 15.4 Å². The molecule has 9 heteroatoms. The van der Waals surface area contributed by atoms with Gasteiger partial charge in [-0.05, 0) is 50.5 Å². The van der Waals surface area contributed by atoms with E-state index in [1.54, 1.807) is 6.20 Å². The van der Waals surface area contributed by atoms with Crippen LogP contribution in [0.5, 0.6) is 0 Å². The van der Waals surface area contributed by atoms with Gasteiger partial charge in [-0.1, -0.05) is 30.3 Å². The van der Waals surface area contributed by atoms with Gasteiger partial charge in [0.25, 0.3) is 0 Å². The van der Waals surface area contributed by atoms with Crippen molar-refractivity contribution in [3.05, 3.63) is 65.6 Å². The second kappa shape index (κ2) is 8.78. The van der Waals surface area contributed by atoms with Crippen LogP contribution in [0.2, 0.25) is 0 Å². The van der Waals surface area contributed by atoms with Crippen LogP contribution in [-0.2, 0) is 16.1 Å². The van der Waals surface area contributed by atoms with Crippen LogP contribution in [-0.4, -0.2) is 37.8 Å². The Balaban J connectivity index is 1.37. The largest absolute Gasteiger partial charge is 0.459 e. The molecule has 1 aliphatic carbocycles. The lowest BCUT2D eigenvalue weighted by molar-refractivity contribution is -0.156. The molecule has 1 aromatic carbocycles. The van der Waals surface area contributed by atoms with Crippen molar-refractivity contribution in [2.75, 3.05) is 0 Å². The average molecular weight is 435 g/mol. The molecular formula is C23H26N6O3. The van der Waals surface area contributed by atoms with Crippen LogP contribution in [0.15, 0.2) is 48.7 Å². The minimum atomic E-state index is -0.569. The minimum Gasteiger partial charge on any atom is -0.459 e. The maximum atomic E-state index is 12.7. The Hall–Kier alpha value is -3.75. The summed E-state index contributed by atoms with van der Waals surface area (Å²) in [6, 6.07) is 12.5. The summed E-state index contributed by atoms with van der Waals surface area (Å²) in [6.07, 6.45) is 2.12. The van der Waals surface area contributed by atoms with E-state index in [0.717, 1.165) is 11.1 Å². The number of amides is 2. The zero-order chi connectivity index (χ0) is 22.7. The molecule has 0 spiro atoms. The Kier molecular flexibility index (Phi) is 5.89. The molecule has 3 aromatic rings. The van der Waals surface area contributed by atoms with Gasteiger partial charge in [0.1, 0.15) is 17.1 Å². The van der Waals surface area contributed by atoms with Crippen molar-refractivity contribution >= 4 is 12.0 Å². The summed E-state index contributed by atoms with van der Waals surface area (Å²) >= 11 is 0. The number of urea groups is 1. The monoisotopic (exact) mass is 434 g/mol. The number of esters is 1. The first kappa shape index (κ1) is 21.5. The van der Waals surface area contributed by atoms with E-state index < -0.39 is 11.5 Å². The lowest BCUT2D eigenvalue weighted by atomic mass is 10.0. The number of hydrogen-bond acceptors (Lipinski definition) is 6. The Morgan fingerprint density at radius 2 is 1.88 bits per heavy atom. The van der Waals surface area contributed by atoms with E-state index in [2.05, 4.69) is 30.8 Å². The van der Waals surface area contributed by atoms with Crippen LogP contribution >= 0.6 is 0 Å². The second-order valence-corrected chi connectivity index (χ2v) is 8.65. The lowest BCUT2D eigenvalue weighted by Crippen LogP contribution is -2.37. The van der Waals surface area contributed by atoms with Crippen molar-refractivity contribution in [1.82, 2.24) is 30.8 Å². The molecule has 2 unspecified atom stereocenters. The van der Waals surface area contributed by atoms with Gasteiger partial charge in [0.15, 0.2) is 5.82 Å². The first-order chi connectivity index (χ1) is 15.3. The molecule has 0 fully saturated rings. The summed E-state index contributed by atoms with van der Waals surface area (Å²) in [5.41, 5.74) is 1.90. The van der Waals surface area contributed by atoms with Crippen LogP contribution < -0.4 is 10.6 Å². The van der Waals surface area contributed by atoms with E-state index in [4.69, 9.17) is 4.74 Å². The number of carbonyl (C=O) groups is 2. The quantitative estimate of drug-likeness (QED) is 0.530. The van der Waals surface area contributed by atoms with Gasteiger partial charge in [0, 0.05) is 6.20 Å². The number of fused-ring (bicyclic) bond motifs is 1. The molecule has 0 aliphatic heterocycles. The molecular weight excluding hydrogens is 408 g/mol. The fourth-order valence-electron chi connectivity index (χ4n) is 3.73. The average Bonchev–Trinajstić information content (AvgIpc) is 3.37. The molecule has 2 amide bonds. The summed E-state index contributed by atoms with van der Waals surface area (Å²) in [5, 5.41) is 12.7. The molecule has 1 aliphatic rings. The van der Waals surface area contributed by atoms with Gasteiger partial charge in [-0.3, -0.25) is 14.9 Å². The van der Waals surface area contributed by atoms with Gasteiger partial charge in [0.05, 0.1) is 18.5 Å². The zero-order valence-corrected chi connectivity index (χ0v) is 18.3. The molecule has 0 radical (unpaired) electrons. The first-order valence-corrected chi connectivity index (χ1v) is 10.5. The number of benzene rings is 1. The van der Waals surface area contributed by atoms with Gasteiger partial charge >= 0.3 is 12.0 Å². The molecule has 0 bridgehead atoms. The van der Waals surface area contributed by atoms with E-state index in [1.807, 2.05) is 63.2 Å². The van der Waals surface area contributed by atoms with Crippen molar-refractivity contribution in [3.8, 4) is 11.5 Å². The Morgan fingerprint density at radius 1 is 1.12 bits per heavy atom. The Morgan fingerprint density at radius 3 is 2.59 bits per heavy atom. The fraction of sp³-hybridized carbons (Fsp3) is 0.348. The highest BCUT2D eigenvalue weighted by Gasteiger charge is 2.38. The van der Waals surface area contributed by atoms with Crippen molar-refractivity contribution in [3.63, 3.8) is 0 Å². The SMILES string of the molecule is CC(C)(C)OC(=O)C1CC(NC(=O)NCc2nc(-c3ccccn3)n[nH]2)c2ccccc21. The van der Waals surface area contributed by atoms with Crippen LogP contribution in [0.1, 0.15) is 56.1 Å². The third-order valence-corrected chi connectivity index (χ3v) is 5.06. The van der Waals surface area contributed by atoms with Gasteiger partial charge in [0.2, 0.25) is 0 Å². The normalized spacial score (nSPS) is 17.5. The minimum absolute atomic E-state index is 0.176. The highest BCUT2D eigenvalue weighted by Crippen LogP contribution is 2.41. The summed E-state index contributed by atoms with van der Waals surface area (Å²) in [6.45, 7) is 5.71. The lowest BCUT2D eigenvalue weighted by Gasteiger charge is -2.22. The van der Waals surface area contributed by atoms with Crippen LogP contribution in [0.4, 0.5) is 4.79 Å². The van der Waals surface area contributed by atoms with Crippen molar-refractivity contribution in [2.45, 2.75) is 51.3 Å². The van der Waals surface area contributed by atoms with Gasteiger partial charge in [-0.25, -0.2) is 9.78 Å². The van der Waals surface area contributed by atoms with E-state index in [-0.39, 0.29) is 24.6 Å². The topological polar surface area (TPSA) is 122 Å². The zero-order valence-electron chi connectivity index (χ0n) is 18.3. The third kappa shape index (κ3) is 4.93. The second-order valence-electron chi connectivity index (χ2n) is 8.65. The number of aromatic amines is 1. The number of carbonyl (C=O) groups excluding carboxylic acids is 2. The third-order valence-electron chi connectivity index (χ3n) is 5.06. The molecule has 3 N–H and O–H groups in total. The molecule has 2 atom stereocenters. The summed E-state index contributed by atoms with van der Waals surface area (Å²) < 4.78 is 5.58. The fourth-order valence-corrected chi connectivity index (χ4v) is 3.73. The van der Waals surface area contributed by atoms with Crippen molar-refractivity contribution in [2.24, 2.45) is 0 Å². The molecule has 166 valence electrons.